The van der Waals surface area contributed by atoms with Crippen molar-refractivity contribution in [1.29, 1.82) is 0 Å². The minimum absolute atomic E-state index is 0.0147. The fourth-order valence-electron chi connectivity index (χ4n) is 5.50. The van der Waals surface area contributed by atoms with E-state index in [-0.39, 0.29) is 24.0 Å². The zero-order chi connectivity index (χ0) is 24.5. The number of halogens is 2. The van der Waals surface area contributed by atoms with Crippen LogP contribution in [0, 0.1) is 0 Å². The van der Waals surface area contributed by atoms with Crippen LogP contribution in [0.15, 0.2) is 42.7 Å². The fraction of sp³-hybridized carbons (Fsp3) is 0.481. The van der Waals surface area contributed by atoms with Gasteiger partial charge in [-0.1, -0.05) is 42.6 Å². The van der Waals surface area contributed by atoms with Crippen molar-refractivity contribution in [3.8, 4) is 0 Å². The number of nitrogens with zero attached hydrogens (tertiary/aromatic N) is 4. The lowest BCUT2D eigenvalue weighted by Crippen LogP contribution is -2.59. The maximum atomic E-state index is 13.2. The maximum Gasteiger partial charge on any atom is 0.240 e. The van der Waals surface area contributed by atoms with Gasteiger partial charge in [-0.05, 0) is 68.6 Å². The van der Waals surface area contributed by atoms with Gasteiger partial charge in [-0.25, -0.2) is 4.98 Å². The largest absolute Gasteiger partial charge is 0.368 e. The number of benzene rings is 2. The molecule has 0 bridgehead atoms. The van der Waals surface area contributed by atoms with E-state index in [4.69, 9.17) is 23.2 Å². The Bertz CT molecular complexity index is 1210. The number of rotatable bonds is 5. The Morgan fingerprint density at radius 2 is 2.03 bits per heavy atom. The average molecular weight is 515 g/mol. The van der Waals surface area contributed by atoms with Crippen LogP contribution in [0.4, 0.5) is 5.69 Å². The fourth-order valence-corrected chi connectivity index (χ4v) is 6.07. The highest BCUT2D eigenvalue weighted by atomic mass is 35.5. The summed E-state index contributed by atoms with van der Waals surface area (Å²) in [5.41, 5.74) is 4.19. The third-order valence-electron chi connectivity index (χ3n) is 7.60. The third-order valence-corrected chi connectivity index (χ3v) is 8.16. The van der Waals surface area contributed by atoms with E-state index < -0.39 is 0 Å². The second-order valence-corrected chi connectivity index (χ2v) is 10.6. The predicted octanol–water partition coefficient (Wildman–Crippen LogP) is 5.52. The number of amides is 1. The van der Waals surface area contributed by atoms with Crippen molar-refractivity contribution < 1.29 is 4.79 Å². The van der Waals surface area contributed by atoms with Crippen LogP contribution in [-0.4, -0.2) is 58.6 Å². The Hall–Kier alpha value is -2.28. The molecule has 35 heavy (non-hydrogen) atoms. The van der Waals surface area contributed by atoms with Crippen molar-refractivity contribution in [2.24, 2.45) is 0 Å². The molecule has 2 saturated heterocycles. The normalized spacial score (nSPS) is 21.9. The summed E-state index contributed by atoms with van der Waals surface area (Å²) < 4.78 is 2.17. The zero-order valence-electron chi connectivity index (χ0n) is 20.4. The summed E-state index contributed by atoms with van der Waals surface area (Å²) in [6, 6.07) is 12.3. The molecule has 1 N–H and O–H groups in total. The molecule has 186 valence electrons. The molecule has 8 heteroatoms. The van der Waals surface area contributed by atoms with Crippen LogP contribution < -0.4 is 10.2 Å². The number of fused-ring (bicyclic) bond motifs is 1. The third kappa shape index (κ3) is 4.89. The Labute approximate surface area is 217 Å². The lowest BCUT2D eigenvalue weighted by atomic mass is 10.0. The molecule has 5 rings (SSSR count). The van der Waals surface area contributed by atoms with E-state index in [2.05, 4.69) is 56.7 Å². The number of nitrogens with one attached hydrogen (secondary N) is 1. The van der Waals surface area contributed by atoms with Gasteiger partial charge in [-0.15, -0.1) is 0 Å². The quantitative estimate of drug-likeness (QED) is 0.487. The van der Waals surface area contributed by atoms with Gasteiger partial charge in [0.25, 0.3) is 0 Å². The minimum Gasteiger partial charge on any atom is -0.368 e. The van der Waals surface area contributed by atoms with Gasteiger partial charge >= 0.3 is 0 Å². The Balaban J connectivity index is 1.37. The van der Waals surface area contributed by atoms with Crippen LogP contribution in [-0.2, 0) is 4.79 Å². The van der Waals surface area contributed by atoms with Gasteiger partial charge in [-0.3, -0.25) is 4.79 Å². The van der Waals surface area contributed by atoms with Crippen LogP contribution in [0.2, 0.25) is 10.0 Å². The first kappa shape index (κ1) is 24.4. The van der Waals surface area contributed by atoms with E-state index in [1.807, 2.05) is 18.5 Å². The van der Waals surface area contributed by atoms with E-state index in [0.717, 1.165) is 74.1 Å². The van der Waals surface area contributed by atoms with Crippen LogP contribution in [0.25, 0.3) is 11.0 Å². The van der Waals surface area contributed by atoms with Gasteiger partial charge in [-0.2, -0.15) is 0 Å². The highest BCUT2D eigenvalue weighted by Gasteiger charge is 2.34. The van der Waals surface area contributed by atoms with Crippen molar-refractivity contribution in [3.63, 3.8) is 0 Å². The Kier molecular flexibility index (Phi) is 7.24. The van der Waals surface area contributed by atoms with Gasteiger partial charge in [0, 0.05) is 41.4 Å². The molecule has 3 heterocycles. The second-order valence-electron chi connectivity index (χ2n) is 9.71. The Morgan fingerprint density at radius 1 is 1.17 bits per heavy atom. The lowest BCUT2D eigenvalue weighted by molar-refractivity contribution is -0.136. The zero-order valence-corrected chi connectivity index (χ0v) is 21.9. The molecule has 1 unspecified atom stereocenters. The molecular weight excluding hydrogens is 481 g/mol. The molecule has 2 aromatic carbocycles. The van der Waals surface area contributed by atoms with Crippen molar-refractivity contribution in [1.82, 2.24) is 19.8 Å². The van der Waals surface area contributed by atoms with Gasteiger partial charge in [0.1, 0.15) is 0 Å². The molecule has 0 spiro atoms. The lowest BCUT2D eigenvalue weighted by Gasteiger charge is -2.44. The van der Waals surface area contributed by atoms with Crippen molar-refractivity contribution in [2.75, 3.05) is 31.1 Å². The molecule has 2 aliphatic heterocycles. The van der Waals surface area contributed by atoms with E-state index in [1.165, 1.54) is 0 Å². The summed E-state index contributed by atoms with van der Waals surface area (Å²) in [7, 11) is 0. The average Bonchev–Trinajstić information content (AvgIpc) is 3.31. The van der Waals surface area contributed by atoms with E-state index >= 15 is 0 Å². The monoisotopic (exact) mass is 513 g/mol. The number of carbonyl (C=O) groups is 1. The van der Waals surface area contributed by atoms with Gasteiger partial charge in [0.05, 0.1) is 29.4 Å². The van der Waals surface area contributed by atoms with Gasteiger partial charge < -0.3 is 19.7 Å². The first-order valence-electron chi connectivity index (χ1n) is 12.7. The smallest absolute Gasteiger partial charge is 0.240 e. The first-order valence-corrected chi connectivity index (χ1v) is 13.4. The molecule has 0 radical (unpaired) electrons. The summed E-state index contributed by atoms with van der Waals surface area (Å²) in [5, 5.41) is 4.71. The molecule has 3 aromatic rings. The van der Waals surface area contributed by atoms with E-state index in [9.17, 15) is 4.79 Å². The van der Waals surface area contributed by atoms with E-state index in [0.29, 0.717) is 10.0 Å². The summed E-state index contributed by atoms with van der Waals surface area (Å²) in [6.07, 6.45) is 6.07. The van der Waals surface area contributed by atoms with Crippen molar-refractivity contribution in [2.45, 2.75) is 57.7 Å². The van der Waals surface area contributed by atoms with Crippen LogP contribution in [0.5, 0.6) is 0 Å². The molecule has 2 aliphatic rings. The number of piperidine rings is 1. The molecule has 6 nitrogen and oxygen atoms in total. The summed E-state index contributed by atoms with van der Waals surface area (Å²) >= 11 is 12.6. The number of piperazine rings is 1. The highest BCUT2D eigenvalue weighted by molar-refractivity contribution is 6.35. The van der Waals surface area contributed by atoms with Crippen LogP contribution in [0.1, 0.15) is 51.1 Å². The minimum atomic E-state index is -0.0174. The number of hydrogen-bond donors (Lipinski definition) is 1. The summed E-state index contributed by atoms with van der Waals surface area (Å²) in [6.45, 7) is 7.67. The van der Waals surface area contributed by atoms with Crippen molar-refractivity contribution >= 4 is 45.8 Å². The SMILES string of the molecule is CCC1CN(c2ccc3ncn([C@H](C)c4ccc(Cl)cc4Cl)c3c2)CCN1C(=O)[C@H]1CCCCN1. The second kappa shape index (κ2) is 10.4. The van der Waals surface area contributed by atoms with Crippen LogP contribution >= 0.6 is 23.2 Å². The molecule has 0 saturated carbocycles. The predicted molar refractivity (Wildman–Crippen MR) is 144 cm³/mol. The molecule has 1 aromatic heterocycles. The number of carbonyl (C=O) groups excluding carboxylic acids is 1. The van der Waals surface area contributed by atoms with Gasteiger partial charge in [0.2, 0.25) is 5.91 Å². The number of aromatic nitrogens is 2. The number of imidazole rings is 1. The molecule has 1 amide bonds. The molecule has 2 fully saturated rings. The Morgan fingerprint density at radius 3 is 2.77 bits per heavy atom. The standard InChI is InChI=1S/C27H33Cl2N5O/c1-3-20-16-32(12-13-33(20)27(35)25-6-4-5-11-30-25)21-8-10-24-26(15-21)34(17-31-24)18(2)22-9-7-19(28)14-23(22)29/h7-10,14-15,17-18,20,25,30H,3-6,11-13,16H2,1-2H3/t18-,20?,25-/m1/s1. The van der Waals surface area contributed by atoms with Crippen molar-refractivity contribution in [3.05, 3.63) is 58.3 Å². The number of anilines is 1. The number of hydrogen-bond acceptors (Lipinski definition) is 4. The molecular formula is C27H33Cl2N5O. The maximum absolute atomic E-state index is 13.2. The summed E-state index contributed by atoms with van der Waals surface area (Å²) in [4.78, 5) is 22.4. The summed E-state index contributed by atoms with van der Waals surface area (Å²) in [5.74, 6) is 0.276. The van der Waals surface area contributed by atoms with Crippen LogP contribution in [0.3, 0.4) is 0 Å². The highest BCUT2D eigenvalue weighted by Crippen LogP contribution is 2.32. The first-order chi connectivity index (χ1) is 17.0. The molecule has 3 atom stereocenters. The van der Waals surface area contributed by atoms with Gasteiger partial charge in [0.15, 0.2) is 0 Å². The van der Waals surface area contributed by atoms with E-state index in [1.54, 1.807) is 6.07 Å². The topological polar surface area (TPSA) is 53.4 Å². The molecule has 0 aliphatic carbocycles.